The highest BCUT2D eigenvalue weighted by molar-refractivity contribution is 6.30. The van der Waals surface area contributed by atoms with Gasteiger partial charge in [-0.15, -0.1) is 0 Å². The number of hydrogen-bond acceptors (Lipinski definition) is 3. The number of likely N-dealkylation sites (tertiary alicyclic amines) is 1. The third kappa shape index (κ3) is 5.13. The third-order valence-corrected chi connectivity index (χ3v) is 6.58. The molecule has 0 aliphatic carbocycles. The SMILES string of the molecule is Cc1cc(C(=O)Nc2ccccc2CN2CCCC(C(N)=O)C2)c(C)n1-c1ccc(Cl)cc1. The standard InChI is InChI=1S/C26H29ClN4O2/c1-17-14-23(18(2)31(17)22-11-9-21(27)10-12-22)26(33)29-24-8-4-3-6-19(24)15-30-13-5-7-20(16-30)25(28)32/h3-4,6,8-12,14,20H,5,7,13,15-16H2,1-2H3,(H2,28,32)(H,29,33). The molecule has 33 heavy (non-hydrogen) atoms. The van der Waals surface area contributed by atoms with Crippen LogP contribution >= 0.6 is 11.6 Å². The van der Waals surface area contributed by atoms with Crippen LogP contribution in [-0.2, 0) is 11.3 Å². The van der Waals surface area contributed by atoms with Gasteiger partial charge in [-0.3, -0.25) is 14.5 Å². The number of halogens is 1. The van der Waals surface area contributed by atoms with Crippen molar-refractivity contribution in [3.63, 3.8) is 0 Å². The van der Waals surface area contributed by atoms with E-state index in [1.165, 1.54) is 0 Å². The Morgan fingerprint density at radius 3 is 2.58 bits per heavy atom. The molecule has 2 heterocycles. The lowest BCUT2D eigenvalue weighted by Gasteiger charge is -2.31. The summed E-state index contributed by atoms with van der Waals surface area (Å²) in [6.07, 6.45) is 1.78. The minimum absolute atomic E-state index is 0.112. The minimum Gasteiger partial charge on any atom is -0.369 e. The van der Waals surface area contributed by atoms with Gasteiger partial charge in [-0.1, -0.05) is 29.8 Å². The van der Waals surface area contributed by atoms with Crippen molar-refractivity contribution in [1.29, 1.82) is 0 Å². The van der Waals surface area contributed by atoms with Crippen molar-refractivity contribution < 1.29 is 9.59 Å². The third-order valence-electron chi connectivity index (χ3n) is 6.33. The van der Waals surface area contributed by atoms with Crippen LogP contribution in [0.2, 0.25) is 5.02 Å². The number of primary amides is 1. The van der Waals surface area contributed by atoms with Crippen molar-refractivity contribution in [3.05, 3.63) is 82.1 Å². The van der Waals surface area contributed by atoms with E-state index in [0.717, 1.165) is 47.7 Å². The van der Waals surface area contributed by atoms with Crippen LogP contribution in [0.25, 0.3) is 5.69 Å². The van der Waals surface area contributed by atoms with E-state index in [4.69, 9.17) is 17.3 Å². The number of para-hydroxylation sites is 1. The van der Waals surface area contributed by atoms with E-state index in [1.807, 2.05) is 68.4 Å². The van der Waals surface area contributed by atoms with Gasteiger partial charge in [0.05, 0.1) is 11.5 Å². The van der Waals surface area contributed by atoms with Gasteiger partial charge in [0.15, 0.2) is 0 Å². The summed E-state index contributed by atoms with van der Waals surface area (Å²) < 4.78 is 2.05. The molecule has 1 aliphatic heterocycles. The molecular weight excluding hydrogens is 436 g/mol. The Balaban J connectivity index is 1.53. The summed E-state index contributed by atoms with van der Waals surface area (Å²) >= 11 is 6.03. The summed E-state index contributed by atoms with van der Waals surface area (Å²) in [5.41, 5.74) is 10.8. The predicted molar refractivity (Wildman–Crippen MR) is 132 cm³/mol. The lowest BCUT2D eigenvalue weighted by atomic mass is 9.97. The van der Waals surface area contributed by atoms with Gasteiger partial charge < -0.3 is 15.6 Å². The Hall–Kier alpha value is -3.09. The van der Waals surface area contributed by atoms with E-state index >= 15 is 0 Å². The number of nitrogens with one attached hydrogen (secondary N) is 1. The molecule has 1 aliphatic rings. The Kier molecular flexibility index (Phi) is 6.86. The molecule has 0 saturated carbocycles. The first-order chi connectivity index (χ1) is 15.8. The summed E-state index contributed by atoms with van der Waals surface area (Å²) in [5, 5.41) is 3.77. The monoisotopic (exact) mass is 464 g/mol. The maximum Gasteiger partial charge on any atom is 0.257 e. The lowest BCUT2D eigenvalue weighted by molar-refractivity contribution is -0.123. The highest BCUT2D eigenvalue weighted by Crippen LogP contribution is 2.25. The van der Waals surface area contributed by atoms with Crippen molar-refractivity contribution in [2.24, 2.45) is 11.7 Å². The van der Waals surface area contributed by atoms with E-state index in [-0.39, 0.29) is 17.7 Å². The second-order valence-corrected chi connectivity index (χ2v) is 9.12. The molecule has 1 saturated heterocycles. The molecule has 6 nitrogen and oxygen atoms in total. The first-order valence-electron chi connectivity index (χ1n) is 11.2. The van der Waals surface area contributed by atoms with E-state index in [2.05, 4.69) is 14.8 Å². The number of rotatable bonds is 6. The molecule has 1 fully saturated rings. The molecular formula is C26H29ClN4O2. The molecule has 0 bridgehead atoms. The van der Waals surface area contributed by atoms with Gasteiger partial charge in [-0.2, -0.15) is 0 Å². The van der Waals surface area contributed by atoms with Crippen molar-refractivity contribution in [3.8, 4) is 5.69 Å². The highest BCUT2D eigenvalue weighted by Gasteiger charge is 2.25. The Labute approximate surface area is 199 Å². The maximum atomic E-state index is 13.3. The van der Waals surface area contributed by atoms with Gasteiger partial charge in [0.1, 0.15) is 0 Å². The molecule has 0 spiro atoms. The smallest absolute Gasteiger partial charge is 0.257 e. The Bertz CT molecular complexity index is 1170. The van der Waals surface area contributed by atoms with Crippen molar-refractivity contribution in [1.82, 2.24) is 9.47 Å². The van der Waals surface area contributed by atoms with E-state index in [9.17, 15) is 9.59 Å². The second kappa shape index (κ2) is 9.81. The number of nitrogens with zero attached hydrogens (tertiary/aromatic N) is 2. The van der Waals surface area contributed by atoms with Crippen LogP contribution < -0.4 is 11.1 Å². The molecule has 2 aromatic carbocycles. The van der Waals surface area contributed by atoms with E-state index in [1.54, 1.807) is 0 Å². The number of aromatic nitrogens is 1. The molecule has 3 aromatic rings. The predicted octanol–water partition coefficient (Wildman–Crippen LogP) is 4.70. The number of aryl methyl sites for hydroxylation is 1. The molecule has 4 rings (SSSR count). The first kappa shape index (κ1) is 23.1. The van der Waals surface area contributed by atoms with Gasteiger partial charge in [0.25, 0.3) is 5.91 Å². The molecule has 2 amide bonds. The van der Waals surface area contributed by atoms with Crippen LogP contribution in [0.3, 0.4) is 0 Å². The fourth-order valence-electron chi connectivity index (χ4n) is 4.62. The zero-order valence-corrected chi connectivity index (χ0v) is 19.7. The number of amides is 2. The van der Waals surface area contributed by atoms with Crippen LogP contribution in [0.1, 0.15) is 40.2 Å². The molecule has 1 atom stereocenters. The average molecular weight is 465 g/mol. The summed E-state index contributed by atoms with van der Waals surface area (Å²) in [7, 11) is 0. The Morgan fingerprint density at radius 2 is 1.85 bits per heavy atom. The first-order valence-corrected chi connectivity index (χ1v) is 11.6. The van der Waals surface area contributed by atoms with E-state index in [0.29, 0.717) is 23.7 Å². The van der Waals surface area contributed by atoms with Crippen LogP contribution in [0, 0.1) is 19.8 Å². The van der Waals surface area contributed by atoms with Crippen LogP contribution in [-0.4, -0.2) is 34.4 Å². The fraction of sp³-hybridized carbons (Fsp3) is 0.308. The molecule has 7 heteroatoms. The van der Waals surface area contributed by atoms with Gasteiger partial charge in [-0.05, 0) is 75.2 Å². The number of piperidine rings is 1. The number of carbonyl (C=O) groups is 2. The van der Waals surface area contributed by atoms with Crippen LogP contribution in [0.5, 0.6) is 0 Å². The zero-order valence-electron chi connectivity index (χ0n) is 19.0. The molecule has 3 N–H and O–H groups in total. The maximum absolute atomic E-state index is 13.3. The summed E-state index contributed by atoms with van der Waals surface area (Å²) in [6.45, 7) is 6.15. The van der Waals surface area contributed by atoms with Gasteiger partial charge in [-0.25, -0.2) is 0 Å². The van der Waals surface area contributed by atoms with Crippen LogP contribution in [0.4, 0.5) is 5.69 Å². The Morgan fingerprint density at radius 1 is 1.12 bits per heavy atom. The quantitative estimate of drug-likeness (QED) is 0.555. The fourth-order valence-corrected chi connectivity index (χ4v) is 4.75. The van der Waals surface area contributed by atoms with Gasteiger partial charge in [0.2, 0.25) is 5.91 Å². The van der Waals surface area contributed by atoms with Gasteiger partial charge in [0, 0.05) is 40.9 Å². The number of hydrogen-bond donors (Lipinski definition) is 2. The molecule has 172 valence electrons. The minimum atomic E-state index is -0.239. The number of anilines is 1. The number of benzene rings is 2. The average Bonchev–Trinajstić information content (AvgIpc) is 3.10. The zero-order chi connectivity index (χ0) is 23.5. The van der Waals surface area contributed by atoms with E-state index < -0.39 is 0 Å². The van der Waals surface area contributed by atoms with Crippen molar-refractivity contribution >= 4 is 29.1 Å². The van der Waals surface area contributed by atoms with Crippen molar-refractivity contribution in [2.75, 3.05) is 18.4 Å². The number of carbonyl (C=O) groups excluding carboxylic acids is 2. The number of nitrogens with two attached hydrogens (primary N) is 1. The summed E-state index contributed by atoms with van der Waals surface area (Å²) in [6, 6.07) is 17.3. The lowest BCUT2D eigenvalue weighted by Crippen LogP contribution is -2.40. The summed E-state index contributed by atoms with van der Waals surface area (Å²) in [4.78, 5) is 27.1. The van der Waals surface area contributed by atoms with Crippen LogP contribution in [0.15, 0.2) is 54.6 Å². The molecule has 1 unspecified atom stereocenters. The highest BCUT2D eigenvalue weighted by atomic mass is 35.5. The normalized spacial score (nSPS) is 16.5. The molecule has 1 aromatic heterocycles. The molecule has 0 radical (unpaired) electrons. The topological polar surface area (TPSA) is 80.4 Å². The largest absolute Gasteiger partial charge is 0.369 e. The van der Waals surface area contributed by atoms with Gasteiger partial charge >= 0.3 is 0 Å². The second-order valence-electron chi connectivity index (χ2n) is 8.68. The van der Waals surface area contributed by atoms with Crippen molar-refractivity contribution in [2.45, 2.75) is 33.2 Å². The summed E-state index contributed by atoms with van der Waals surface area (Å²) in [5.74, 6) is -0.500.